The van der Waals surface area contributed by atoms with Crippen molar-refractivity contribution in [2.75, 3.05) is 13.1 Å². The quantitative estimate of drug-likeness (QED) is 0.450. The van der Waals surface area contributed by atoms with Crippen LogP contribution in [0.25, 0.3) is 0 Å². The van der Waals surface area contributed by atoms with E-state index in [9.17, 15) is 18.8 Å². The molecule has 2 aromatic carbocycles. The second-order valence-corrected chi connectivity index (χ2v) is 12.8. The van der Waals surface area contributed by atoms with E-state index in [4.69, 9.17) is 10.1 Å². The number of carbonyl (C=O) groups excluding carboxylic acids is 2. The summed E-state index contributed by atoms with van der Waals surface area (Å²) in [6, 6.07) is 13.2. The highest BCUT2D eigenvalue weighted by molar-refractivity contribution is 6.46. The van der Waals surface area contributed by atoms with Gasteiger partial charge in [-0.1, -0.05) is 46.8 Å². The van der Waals surface area contributed by atoms with Crippen molar-refractivity contribution in [1.82, 2.24) is 10.2 Å². The summed E-state index contributed by atoms with van der Waals surface area (Å²) in [6.45, 7) is 11.4. The normalized spacial score (nSPS) is 21.4. The molecule has 7 nitrogen and oxygen atoms in total. The maximum atomic E-state index is 14.0. The molecular weight excluding hydrogens is 509 g/mol. The van der Waals surface area contributed by atoms with Gasteiger partial charge in [-0.3, -0.25) is 19.4 Å². The average molecular weight is 550 g/mol. The van der Waals surface area contributed by atoms with Crippen molar-refractivity contribution in [2.45, 2.75) is 77.8 Å². The number of nitrogens with one attached hydrogen (secondary N) is 1. The molecular formula is C32H40FN3O4. The van der Waals surface area contributed by atoms with Gasteiger partial charge in [0.25, 0.3) is 11.8 Å². The SMILES string of the molecule is CC(C)(CN1C(=O)C(c2ccc(F)cc2)=NC12CCC(C(C)(C)C)CC2)c1ccc(C(=O)NCCC(=O)O)cc1. The number of hydrogen-bond acceptors (Lipinski definition) is 4. The van der Waals surface area contributed by atoms with Crippen LogP contribution in [0, 0.1) is 17.2 Å². The van der Waals surface area contributed by atoms with Gasteiger partial charge in [-0.05, 0) is 79.0 Å². The summed E-state index contributed by atoms with van der Waals surface area (Å²) in [5, 5.41) is 11.4. The predicted octanol–water partition coefficient (Wildman–Crippen LogP) is 5.57. The van der Waals surface area contributed by atoms with Crippen LogP contribution in [0.2, 0.25) is 0 Å². The summed E-state index contributed by atoms with van der Waals surface area (Å²) in [5.41, 5.74) is 1.52. The summed E-state index contributed by atoms with van der Waals surface area (Å²) < 4.78 is 13.6. The van der Waals surface area contributed by atoms with Crippen LogP contribution < -0.4 is 5.32 Å². The van der Waals surface area contributed by atoms with E-state index in [0.717, 1.165) is 31.2 Å². The number of aliphatic imine (C=N–C) groups is 1. The Labute approximate surface area is 235 Å². The lowest BCUT2D eigenvalue weighted by Gasteiger charge is -2.46. The zero-order valence-corrected chi connectivity index (χ0v) is 24.1. The van der Waals surface area contributed by atoms with Gasteiger partial charge >= 0.3 is 5.97 Å². The zero-order valence-electron chi connectivity index (χ0n) is 24.1. The summed E-state index contributed by atoms with van der Waals surface area (Å²) in [4.78, 5) is 44.1. The standard InChI is InChI=1S/C32H40FN3O4/c1-30(2,3)23-14-17-32(18-15-23)35-27(21-8-12-25(33)13-9-21)29(40)36(32)20-31(4,5)24-10-6-22(7-11-24)28(39)34-19-16-26(37)38/h6-13,23H,14-20H2,1-5H3,(H,34,39)(H,37,38). The van der Waals surface area contributed by atoms with E-state index in [1.54, 1.807) is 24.3 Å². The van der Waals surface area contributed by atoms with Gasteiger partial charge in [0, 0.05) is 29.6 Å². The monoisotopic (exact) mass is 549 g/mol. The Hall–Kier alpha value is -3.55. The predicted molar refractivity (Wildman–Crippen MR) is 153 cm³/mol. The number of benzene rings is 2. The number of amides is 2. The number of carboxylic acids is 1. The van der Waals surface area contributed by atoms with Crippen LogP contribution in [0.1, 0.15) is 88.2 Å². The van der Waals surface area contributed by atoms with Crippen LogP contribution in [-0.2, 0) is 15.0 Å². The minimum absolute atomic E-state index is 0.0625. The van der Waals surface area contributed by atoms with Gasteiger partial charge in [0.1, 0.15) is 17.2 Å². The third-order valence-corrected chi connectivity index (χ3v) is 8.51. The maximum Gasteiger partial charge on any atom is 0.305 e. The Kier molecular flexibility index (Phi) is 8.20. The molecule has 2 aromatic rings. The molecule has 214 valence electrons. The lowest BCUT2D eigenvalue weighted by atomic mass is 9.69. The molecule has 0 radical (unpaired) electrons. The molecule has 2 aliphatic rings. The number of rotatable bonds is 8. The van der Waals surface area contributed by atoms with Crippen molar-refractivity contribution in [3.8, 4) is 0 Å². The Balaban J connectivity index is 1.57. The molecule has 1 heterocycles. The molecule has 1 aliphatic carbocycles. The molecule has 0 saturated heterocycles. The number of aliphatic carboxylic acids is 1. The fraction of sp³-hybridized carbons (Fsp3) is 0.500. The minimum atomic E-state index is -0.968. The molecule has 0 atom stereocenters. The first-order chi connectivity index (χ1) is 18.7. The van der Waals surface area contributed by atoms with Crippen LogP contribution in [0.15, 0.2) is 53.5 Å². The summed E-state index contributed by atoms with van der Waals surface area (Å²) in [5.74, 6) is -1.24. The molecule has 1 fully saturated rings. The molecule has 0 aromatic heterocycles. The smallest absolute Gasteiger partial charge is 0.305 e. The lowest BCUT2D eigenvalue weighted by molar-refractivity contribution is -0.136. The average Bonchev–Trinajstić information content (AvgIpc) is 3.14. The topological polar surface area (TPSA) is 99.1 Å². The highest BCUT2D eigenvalue weighted by atomic mass is 19.1. The van der Waals surface area contributed by atoms with E-state index in [1.807, 2.05) is 17.0 Å². The molecule has 1 aliphatic heterocycles. The van der Waals surface area contributed by atoms with Crippen LogP contribution in [0.4, 0.5) is 4.39 Å². The highest BCUT2D eigenvalue weighted by Crippen LogP contribution is 2.47. The molecule has 8 heteroatoms. The second-order valence-electron chi connectivity index (χ2n) is 12.8. The van der Waals surface area contributed by atoms with E-state index < -0.39 is 17.0 Å². The molecule has 0 bridgehead atoms. The number of carboxylic acid groups (broad SMARTS) is 1. The highest BCUT2D eigenvalue weighted by Gasteiger charge is 2.51. The van der Waals surface area contributed by atoms with Crippen molar-refractivity contribution >= 4 is 23.5 Å². The van der Waals surface area contributed by atoms with Gasteiger partial charge in [0.15, 0.2) is 0 Å². The molecule has 1 saturated carbocycles. The minimum Gasteiger partial charge on any atom is -0.481 e. The van der Waals surface area contributed by atoms with Crippen molar-refractivity contribution < 1.29 is 23.9 Å². The summed E-state index contributed by atoms with van der Waals surface area (Å²) in [7, 11) is 0. The van der Waals surface area contributed by atoms with Crippen molar-refractivity contribution in [1.29, 1.82) is 0 Å². The number of nitrogens with zero attached hydrogens (tertiary/aromatic N) is 2. The molecule has 1 spiro atoms. The third-order valence-electron chi connectivity index (χ3n) is 8.51. The fourth-order valence-electron chi connectivity index (χ4n) is 5.92. The summed E-state index contributed by atoms with van der Waals surface area (Å²) >= 11 is 0. The lowest BCUT2D eigenvalue weighted by Crippen LogP contribution is -2.53. The fourth-order valence-corrected chi connectivity index (χ4v) is 5.92. The first-order valence-corrected chi connectivity index (χ1v) is 14.0. The Bertz CT molecular complexity index is 1280. The van der Waals surface area contributed by atoms with E-state index in [1.165, 1.54) is 12.1 Å². The Morgan fingerprint density at radius 3 is 2.17 bits per heavy atom. The van der Waals surface area contributed by atoms with E-state index >= 15 is 0 Å². The largest absolute Gasteiger partial charge is 0.481 e. The zero-order chi connectivity index (χ0) is 29.3. The van der Waals surface area contributed by atoms with Gasteiger partial charge in [-0.15, -0.1) is 0 Å². The van der Waals surface area contributed by atoms with Crippen LogP contribution >= 0.6 is 0 Å². The van der Waals surface area contributed by atoms with Gasteiger partial charge in [-0.25, -0.2) is 4.39 Å². The number of halogens is 1. The molecule has 2 N–H and O–H groups in total. The van der Waals surface area contributed by atoms with Gasteiger partial charge in [0.05, 0.1) is 6.42 Å². The third kappa shape index (κ3) is 6.26. The molecule has 0 unspecified atom stereocenters. The van der Waals surface area contributed by atoms with Crippen molar-refractivity contribution in [3.05, 3.63) is 71.0 Å². The maximum absolute atomic E-state index is 14.0. The van der Waals surface area contributed by atoms with Gasteiger partial charge < -0.3 is 15.3 Å². The Morgan fingerprint density at radius 1 is 1.02 bits per heavy atom. The second kappa shape index (κ2) is 11.1. The van der Waals surface area contributed by atoms with Crippen molar-refractivity contribution in [3.63, 3.8) is 0 Å². The molecule has 4 rings (SSSR count). The van der Waals surface area contributed by atoms with E-state index in [-0.39, 0.29) is 36.0 Å². The van der Waals surface area contributed by atoms with Crippen LogP contribution in [-0.4, -0.2) is 52.3 Å². The van der Waals surface area contributed by atoms with E-state index in [2.05, 4.69) is 39.9 Å². The van der Waals surface area contributed by atoms with E-state index in [0.29, 0.717) is 29.3 Å². The molecule has 40 heavy (non-hydrogen) atoms. The van der Waals surface area contributed by atoms with Gasteiger partial charge in [0.2, 0.25) is 0 Å². The van der Waals surface area contributed by atoms with Crippen LogP contribution in [0.5, 0.6) is 0 Å². The first kappa shape index (κ1) is 29.4. The molecule has 2 amide bonds. The summed E-state index contributed by atoms with van der Waals surface area (Å²) in [6.07, 6.45) is 3.36. The number of carbonyl (C=O) groups is 3. The Morgan fingerprint density at radius 2 is 1.62 bits per heavy atom. The van der Waals surface area contributed by atoms with Crippen LogP contribution in [0.3, 0.4) is 0 Å². The van der Waals surface area contributed by atoms with Crippen molar-refractivity contribution in [2.24, 2.45) is 16.3 Å². The number of hydrogen-bond donors (Lipinski definition) is 2. The van der Waals surface area contributed by atoms with Gasteiger partial charge in [-0.2, -0.15) is 0 Å². The first-order valence-electron chi connectivity index (χ1n) is 14.0.